The molecule has 6 nitrogen and oxygen atoms in total. The molecule has 0 aromatic carbocycles. The predicted octanol–water partition coefficient (Wildman–Crippen LogP) is 3.12. The minimum Gasteiger partial charge on any atom is -0.462 e. The second kappa shape index (κ2) is 6.79. The second-order valence-corrected chi connectivity index (χ2v) is 11.1. The van der Waals surface area contributed by atoms with Gasteiger partial charge in [0.05, 0.1) is 17.4 Å². The molecule has 0 radical (unpaired) electrons. The van der Waals surface area contributed by atoms with E-state index in [0.29, 0.717) is 23.5 Å². The quantitative estimate of drug-likeness (QED) is 0.517. The maximum Gasteiger partial charge on any atom is 0.311 e. The van der Waals surface area contributed by atoms with Crippen molar-refractivity contribution in [2.75, 3.05) is 6.79 Å². The van der Waals surface area contributed by atoms with Crippen molar-refractivity contribution in [1.82, 2.24) is 0 Å². The summed E-state index contributed by atoms with van der Waals surface area (Å²) in [6.45, 7) is 5.47. The van der Waals surface area contributed by atoms with Gasteiger partial charge in [0.25, 0.3) is 0 Å². The maximum absolute atomic E-state index is 12.7. The zero-order valence-electron chi connectivity index (χ0n) is 17.6. The van der Waals surface area contributed by atoms with Crippen molar-refractivity contribution in [3.63, 3.8) is 0 Å². The minimum atomic E-state index is -0.539. The molecule has 6 fully saturated rings. The van der Waals surface area contributed by atoms with Crippen LogP contribution >= 0.6 is 0 Å². The van der Waals surface area contributed by atoms with E-state index in [-0.39, 0.29) is 54.6 Å². The molecule has 0 spiro atoms. The molecule has 0 N–H and O–H groups in total. The molecule has 0 aromatic rings. The Morgan fingerprint density at radius 3 is 2.31 bits per heavy atom. The minimum absolute atomic E-state index is 0.0138. The van der Waals surface area contributed by atoms with Gasteiger partial charge in [0, 0.05) is 17.8 Å². The average Bonchev–Trinajstić information content (AvgIpc) is 3.36. The zero-order chi connectivity index (χ0) is 20.5. The number of hydrogen-bond donors (Lipinski definition) is 0. The number of carbonyl (C=O) groups excluding carboxylic acids is 3. The van der Waals surface area contributed by atoms with Gasteiger partial charge in [0.15, 0.2) is 6.79 Å². The lowest BCUT2D eigenvalue weighted by Gasteiger charge is -2.32. The van der Waals surface area contributed by atoms with Crippen molar-refractivity contribution in [1.29, 1.82) is 0 Å². The van der Waals surface area contributed by atoms with E-state index in [1.54, 1.807) is 0 Å². The van der Waals surface area contributed by atoms with Crippen LogP contribution in [0.15, 0.2) is 0 Å². The first-order valence-electron chi connectivity index (χ1n) is 11.3. The third-order valence-corrected chi connectivity index (χ3v) is 8.23. The van der Waals surface area contributed by atoms with Crippen LogP contribution in [0.1, 0.15) is 59.3 Å². The summed E-state index contributed by atoms with van der Waals surface area (Å²) in [6.07, 6.45) is 5.38. The lowest BCUT2D eigenvalue weighted by atomic mass is 9.80. The van der Waals surface area contributed by atoms with Crippen LogP contribution in [0.3, 0.4) is 0 Å². The maximum atomic E-state index is 12.7. The van der Waals surface area contributed by atoms with Gasteiger partial charge in [-0.2, -0.15) is 0 Å². The largest absolute Gasteiger partial charge is 0.462 e. The Hall–Kier alpha value is -1.43. The fraction of sp³-hybridized carbons (Fsp3) is 0.870. The lowest BCUT2D eigenvalue weighted by molar-refractivity contribution is -0.178. The standard InChI is InChI=1S/C23H32O6/c1-23(2,3)22(26)29-18-9-12-4-13(18)16(7-12)21(25)28-10-27-20-15-6-11-5-14(15)19(24)17(20)8-11/h11-18,20H,4-10H2,1-3H3. The first-order chi connectivity index (χ1) is 13.7. The van der Waals surface area contributed by atoms with Gasteiger partial charge < -0.3 is 14.2 Å². The fourth-order valence-corrected chi connectivity index (χ4v) is 6.93. The Morgan fingerprint density at radius 1 is 0.931 bits per heavy atom. The van der Waals surface area contributed by atoms with Crippen LogP contribution in [0.25, 0.3) is 0 Å². The molecule has 0 heterocycles. The highest BCUT2D eigenvalue weighted by atomic mass is 16.7. The fourth-order valence-electron chi connectivity index (χ4n) is 6.93. The monoisotopic (exact) mass is 404 g/mol. The molecule has 6 heteroatoms. The Morgan fingerprint density at radius 2 is 1.62 bits per heavy atom. The van der Waals surface area contributed by atoms with Crippen molar-refractivity contribution < 1.29 is 28.6 Å². The summed E-state index contributed by atoms with van der Waals surface area (Å²) in [5.41, 5.74) is -0.539. The van der Waals surface area contributed by atoms with Gasteiger partial charge in [-0.25, -0.2) is 0 Å². The van der Waals surface area contributed by atoms with Gasteiger partial charge in [-0.15, -0.1) is 0 Å². The predicted molar refractivity (Wildman–Crippen MR) is 102 cm³/mol. The van der Waals surface area contributed by atoms with Crippen molar-refractivity contribution >= 4 is 17.7 Å². The van der Waals surface area contributed by atoms with Crippen LogP contribution in [-0.4, -0.2) is 36.7 Å². The number of fused-ring (bicyclic) bond motifs is 2. The number of carbonyl (C=O) groups is 3. The van der Waals surface area contributed by atoms with E-state index in [0.717, 1.165) is 38.5 Å². The molecular weight excluding hydrogens is 372 g/mol. The van der Waals surface area contributed by atoms with Crippen LogP contribution in [0.2, 0.25) is 0 Å². The van der Waals surface area contributed by atoms with Crippen molar-refractivity contribution in [2.45, 2.75) is 71.5 Å². The summed E-state index contributed by atoms with van der Waals surface area (Å²) < 4.78 is 17.2. The molecule has 29 heavy (non-hydrogen) atoms. The van der Waals surface area contributed by atoms with E-state index in [9.17, 15) is 14.4 Å². The average molecular weight is 405 g/mol. The van der Waals surface area contributed by atoms with Gasteiger partial charge in [-0.05, 0) is 77.0 Å². The lowest BCUT2D eigenvalue weighted by Crippen LogP contribution is -2.38. The van der Waals surface area contributed by atoms with Crippen LogP contribution < -0.4 is 0 Å². The summed E-state index contributed by atoms with van der Waals surface area (Å²) in [4.78, 5) is 37.4. The van der Waals surface area contributed by atoms with Crippen molar-refractivity contribution in [2.24, 2.45) is 46.8 Å². The van der Waals surface area contributed by atoms with Crippen LogP contribution in [0.5, 0.6) is 0 Å². The van der Waals surface area contributed by atoms with Crippen molar-refractivity contribution in [3.05, 3.63) is 0 Å². The smallest absolute Gasteiger partial charge is 0.311 e. The zero-order valence-corrected chi connectivity index (χ0v) is 17.6. The van der Waals surface area contributed by atoms with Crippen molar-refractivity contribution in [3.8, 4) is 0 Å². The highest BCUT2D eigenvalue weighted by Crippen LogP contribution is 2.57. The first-order valence-corrected chi connectivity index (χ1v) is 11.3. The molecule has 0 aliphatic heterocycles. The van der Waals surface area contributed by atoms with Gasteiger partial charge in [-0.3, -0.25) is 14.4 Å². The molecular formula is C23H32O6. The SMILES string of the molecule is CC(C)(C)C(=O)OC1CC2CC(C(=O)OCOC3C4CC5CC(C4=O)C3C5)C1C2. The van der Waals surface area contributed by atoms with E-state index >= 15 is 0 Å². The second-order valence-electron chi connectivity index (χ2n) is 11.1. The Labute approximate surface area is 172 Å². The molecule has 6 aliphatic carbocycles. The topological polar surface area (TPSA) is 78.9 Å². The van der Waals surface area contributed by atoms with E-state index < -0.39 is 5.41 Å². The molecule has 6 rings (SSSR count). The van der Waals surface area contributed by atoms with E-state index in [4.69, 9.17) is 14.2 Å². The van der Waals surface area contributed by atoms with Gasteiger partial charge in [0.1, 0.15) is 11.9 Å². The summed E-state index contributed by atoms with van der Waals surface area (Å²) in [5.74, 6) is 1.40. The van der Waals surface area contributed by atoms with E-state index in [1.165, 1.54) is 0 Å². The molecule has 6 aliphatic rings. The van der Waals surface area contributed by atoms with Crippen LogP contribution in [-0.2, 0) is 28.6 Å². The molecule has 0 aromatic heterocycles. The molecule has 0 amide bonds. The van der Waals surface area contributed by atoms with E-state index in [1.807, 2.05) is 20.8 Å². The third-order valence-electron chi connectivity index (χ3n) is 8.23. The number of rotatable bonds is 5. The highest BCUT2D eigenvalue weighted by molar-refractivity contribution is 5.88. The Balaban J connectivity index is 1.13. The Kier molecular flexibility index (Phi) is 4.57. The summed E-state index contributed by atoms with van der Waals surface area (Å²) >= 11 is 0. The van der Waals surface area contributed by atoms with E-state index in [2.05, 4.69) is 0 Å². The molecule has 6 saturated carbocycles. The summed E-state index contributed by atoms with van der Waals surface area (Å²) in [5, 5.41) is 0. The Bertz CT molecular complexity index is 723. The molecule has 9 atom stereocenters. The number of Topliss-reactive ketones (excluding diaryl/α,β-unsaturated/α-hetero) is 1. The molecule has 6 bridgehead atoms. The number of ketones is 1. The number of hydrogen-bond acceptors (Lipinski definition) is 6. The number of esters is 2. The summed E-state index contributed by atoms with van der Waals surface area (Å²) in [7, 11) is 0. The first kappa shape index (κ1) is 19.5. The van der Waals surface area contributed by atoms with Gasteiger partial charge in [-0.1, -0.05) is 0 Å². The van der Waals surface area contributed by atoms with Gasteiger partial charge >= 0.3 is 11.9 Å². The molecule has 0 saturated heterocycles. The van der Waals surface area contributed by atoms with Gasteiger partial charge in [0.2, 0.25) is 0 Å². The normalized spacial score (nSPS) is 44.5. The number of ether oxygens (including phenoxy) is 3. The van der Waals surface area contributed by atoms with Crippen LogP contribution in [0, 0.1) is 46.8 Å². The third kappa shape index (κ3) is 3.22. The van der Waals surface area contributed by atoms with Crippen LogP contribution in [0.4, 0.5) is 0 Å². The molecule has 9 unspecified atom stereocenters. The highest BCUT2D eigenvalue weighted by Gasteiger charge is 2.60. The molecule has 160 valence electrons. The summed E-state index contributed by atoms with van der Waals surface area (Å²) in [6, 6.07) is 0.